The Morgan fingerprint density at radius 2 is 1.36 bits per heavy atom. The van der Waals surface area contributed by atoms with E-state index >= 15 is 0 Å². The lowest BCUT2D eigenvalue weighted by Gasteiger charge is -2.33. The molecule has 3 heterocycles. The van der Waals surface area contributed by atoms with E-state index in [4.69, 9.17) is 4.74 Å². The molecule has 11 rings (SSSR count). The first-order valence-corrected chi connectivity index (χ1v) is 21.9. The first kappa shape index (κ1) is 36.4. The van der Waals surface area contributed by atoms with Crippen LogP contribution in [0.3, 0.4) is 0 Å². The molecule has 292 valence electrons. The molecule has 3 aliphatic rings. The second-order valence-electron chi connectivity index (χ2n) is 19.0. The molecular weight excluding hydrogens is 715 g/mol. The third-order valence-corrected chi connectivity index (χ3v) is 14.3. The summed E-state index contributed by atoms with van der Waals surface area (Å²) in [6.45, 7) is 19.0. The molecule has 3 nitrogen and oxygen atoms in total. The van der Waals surface area contributed by atoms with Gasteiger partial charge in [0.1, 0.15) is 11.5 Å². The van der Waals surface area contributed by atoms with Crippen LogP contribution in [0.1, 0.15) is 119 Å². The van der Waals surface area contributed by atoms with Gasteiger partial charge in [-0.15, -0.1) is 0 Å². The highest BCUT2D eigenvalue weighted by Crippen LogP contribution is 2.50. The van der Waals surface area contributed by atoms with E-state index in [0.29, 0.717) is 17.8 Å². The highest BCUT2D eigenvalue weighted by molar-refractivity contribution is 6.97. The molecule has 0 radical (unpaired) electrons. The van der Waals surface area contributed by atoms with Crippen LogP contribution in [0.5, 0.6) is 11.5 Å². The standard InChI is InChI=1S/C55H53BN2O/c1-31(2)34-26-41(32(3)4)52(42(27-34)33(5)6)56-46-25-22-35(28-50(46)59-51-29-43-36-16-10-13-19-44(36)55(7,8)45(43)30-47(51)56)58-49-21-15-12-18-38(49)40-24-23-39-37-17-11-14-20-48(37)57(9)53(39)54(40)58/h10-11,13-17,19-33H,12,18H2,1-9H3. The van der Waals surface area contributed by atoms with Gasteiger partial charge in [-0.2, -0.15) is 0 Å². The highest BCUT2D eigenvalue weighted by Gasteiger charge is 2.42. The number of ether oxygens (including phenoxy) is 1. The molecule has 8 aromatic rings. The van der Waals surface area contributed by atoms with E-state index < -0.39 is 0 Å². The number of allylic oxidation sites excluding steroid dienone is 1. The second-order valence-corrected chi connectivity index (χ2v) is 19.0. The summed E-state index contributed by atoms with van der Waals surface area (Å²) < 4.78 is 12.3. The number of hydrogen-bond acceptors (Lipinski definition) is 1. The maximum absolute atomic E-state index is 7.32. The van der Waals surface area contributed by atoms with Crippen LogP contribution in [0.25, 0.3) is 55.6 Å². The summed E-state index contributed by atoms with van der Waals surface area (Å²) in [6, 6.07) is 39.6. The maximum atomic E-state index is 7.32. The Hall–Kier alpha value is -5.74. The average molecular weight is 769 g/mol. The van der Waals surface area contributed by atoms with Crippen molar-refractivity contribution in [2.45, 2.75) is 91.4 Å². The largest absolute Gasteiger partial charge is 0.458 e. The molecule has 0 atom stereocenters. The minimum Gasteiger partial charge on any atom is -0.458 e. The van der Waals surface area contributed by atoms with Crippen LogP contribution in [0.15, 0.2) is 109 Å². The van der Waals surface area contributed by atoms with Crippen LogP contribution in [0.2, 0.25) is 0 Å². The fraction of sp³-hybridized carbons (Fsp3) is 0.273. The molecule has 1 aliphatic heterocycles. The normalized spacial score (nSPS) is 15.0. The summed E-state index contributed by atoms with van der Waals surface area (Å²) in [5, 5.41) is 3.93. The van der Waals surface area contributed by atoms with Crippen molar-refractivity contribution in [1.82, 2.24) is 9.13 Å². The van der Waals surface area contributed by atoms with Crippen molar-refractivity contribution in [1.29, 1.82) is 0 Å². The first-order valence-electron chi connectivity index (χ1n) is 21.9. The molecule has 0 unspecified atom stereocenters. The lowest BCUT2D eigenvalue weighted by Crippen LogP contribution is -2.57. The summed E-state index contributed by atoms with van der Waals surface area (Å²) in [7, 11) is 2.23. The van der Waals surface area contributed by atoms with Crippen LogP contribution in [-0.4, -0.2) is 15.8 Å². The number of fused-ring (bicyclic) bond motifs is 12. The Labute approximate surface area is 349 Å². The number of hydrogen-bond donors (Lipinski definition) is 0. The summed E-state index contributed by atoms with van der Waals surface area (Å²) in [4.78, 5) is 0. The number of aryl methyl sites for hydroxylation is 2. The average Bonchev–Trinajstić information content (AvgIpc) is 3.80. The van der Waals surface area contributed by atoms with E-state index in [2.05, 4.69) is 187 Å². The molecule has 0 spiro atoms. The fourth-order valence-corrected chi connectivity index (χ4v) is 11.2. The monoisotopic (exact) mass is 768 g/mol. The lowest BCUT2D eigenvalue weighted by molar-refractivity contribution is 0.487. The molecule has 0 saturated heterocycles. The zero-order valence-corrected chi connectivity index (χ0v) is 36.0. The molecule has 0 bridgehead atoms. The summed E-state index contributed by atoms with van der Waals surface area (Å²) >= 11 is 0. The third-order valence-electron chi connectivity index (χ3n) is 14.3. The molecule has 0 saturated carbocycles. The van der Waals surface area contributed by atoms with Crippen LogP contribution in [0.4, 0.5) is 0 Å². The van der Waals surface area contributed by atoms with E-state index in [1.165, 1.54) is 99.3 Å². The van der Waals surface area contributed by atoms with Gasteiger partial charge in [0, 0.05) is 51.6 Å². The molecular formula is C55H53BN2O. The maximum Gasteiger partial charge on any atom is 0.251 e. The molecule has 4 heteroatoms. The fourth-order valence-electron chi connectivity index (χ4n) is 11.2. The van der Waals surface area contributed by atoms with Gasteiger partial charge < -0.3 is 13.9 Å². The predicted molar refractivity (Wildman–Crippen MR) is 252 cm³/mol. The first-order chi connectivity index (χ1) is 28.4. The quantitative estimate of drug-likeness (QED) is 0.160. The topological polar surface area (TPSA) is 19.1 Å². The van der Waals surface area contributed by atoms with Crippen molar-refractivity contribution in [2.75, 3.05) is 0 Å². The Morgan fingerprint density at radius 3 is 2.12 bits per heavy atom. The van der Waals surface area contributed by atoms with Gasteiger partial charge in [-0.25, -0.2) is 0 Å². The predicted octanol–water partition coefficient (Wildman–Crippen LogP) is 12.5. The van der Waals surface area contributed by atoms with Crippen molar-refractivity contribution in [3.63, 3.8) is 0 Å². The van der Waals surface area contributed by atoms with Crippen molar-refractivity contribution >= 4 is 61.9 Å². The summed E-state index contributed by atoms with van der Waals surface area (Å²) in [5.41, 5.74) is 21.2. The molecule has 6 aromatic carbocycles. The number of nitrogens with zero attached hydrogens (tertiary/aromatic N) is 2. The molecule has 0 N–H and O–H groups in total. The van der Waals surface area contributed by atoms with Gasteiger partial charge in [0.15, 0.2) is 0 Å². The van der Waals surface area contributed by atoms with Gasteiger partial charge in [0.25, 0.3) is 6.71 Å². The van der Waals surface area contributed by atoms with E-state index in [1.807, 2.05) is 0 Å². The molecule has 2 aliphatic carbocycles. The van der Waals surface area contributed by atoms with E-state index in [-0.39, 0.29) is 12.1 Å². The van der Waals surface area contributed by atoms with Crippen molar-refractivity contribution < 1.29 is 4.74 Å². The van der Waals surface area contributed by atoms with E-state index in [9.17, 15) is 0 Å². The SMILES string of the molecule is CC(C)c1cc(C(C)C)c(B2c3ccc(-n4c5c(c6ccc7c8ccccc8n(C)c7c64)CCC=C5)cc3Oc3cc4c(cc32)C(C)(C)c2ccccc2-4)c(C(C)C)c1. The minimum absolute atomic E-state index is 0.0173. The summed E-state index contributed by atoms with van der Waals surface area (Å²) in [5.74, 6) is 3.08. The number of benzene rings is 6. The van der Waals surface area contributed by atoms with Gasteiger partial charge in [-0.3, -0.25) is 0 Å². The number of para-hydroxylation sites is 1. The minimum atomic E-state index is -0.117. The van der Waals surface area contributed by atoms with Gasteiger partial charge in [-0.1, -0.05) is 146 Å². The van der Waals surface area contributed by atoms with Crippen molar-refractivity contribution in [3.8, 4) is 28.3 Å². The Kier molecular flexibility index (Phi) is 7.94. The number of rotatable bonds is 5. The van der Waals surface area contributed by atoms with Crippen LogP contribution < -0.4 is 21.1 Å². The van der Waals surface area contributed by atoms with Crippen LogP contribution in [0, 0.1) is 0 Å². The Balaban J connectivity index is 1.21. The van der Waals surface area contributed by atoms with Crippen LogP contribution >= 0.6 is 0 Å². The van der Waals surface area contributed by atoms with E-state index in [0.717, 1.165) is 30.0 Å². The zero-order valence-electron chi connectivity index (χ0n) is 36.0. The van der Waals surface area contributed by atoms with E-state index in [1.54, 1.807) is 0 Å². The smallest absolute Gasteiger partial charge is 0.251 e. The Morgan fingerprint density at radius 1 is 0.644 bits per heavy atom. The van der Waals surface area contributed by atoms with Crippen molar-refractivity contribution in [3.05, 3.63) is 148 Å². The zero-order chi connectivity index (χ0) is 40.6. The van der Waals surface area contributed by atoms with Gasteiger partial charge >= 0.3 is 0 Å². The lowest BCUT2D eigenvalue weighted by atomic mass is 9.33. The second kappa shape index (κ2) is 12.9. The Bertz CT molecular complexity index is 3080. The van der Waals surface area contributed by atoms with Crippen LogP contribution in [-0.2, 0) is 18.9 Å². The molecule has 0 amide bonds. The summed E-state index contributed by atoms with van der Waals surface area (Å²) in [6.07, 6.45) is 6.79. The molecule has 0 fully saturated rings. The molecule has 59 heavy (non-hydrogen) atoms. The van der Waals surface area contributed by atoms with Gasteiger partial charge in [-0.05, 0) is 110 Å². The van der Waals surface area contributed by atoms with Gasteiger partial charge in [0.05, 0.1) is 11.0 Å². The van der Waals surface area contributed by atoms with Gasteiger partial charge in [0.2, 0.25) is 0 Å². The van der Waals surface area contributed by atoms with Crippen molar-refractivity contribution in [2.24, 2.45) is 7.05 Å². The highest BCUT2D eigenvalue weighted by atomic mass is 16.5. The third kappa shape index (κ3) is 5.08. The molecule has 2 aromatic heterocycles. The number of aromatic nitrogens is 2.